The first-order chi connectivity index (χ1) is 9.54. The average molecular weight is 278 g/mol. The zero-order valence-electron chi connectivity index (χ0n) is 10.6. The number of amides is 1. The standard InChI is InChI=1S/C14H12F2N2O2/c1-20-13-8(4-2-7-11(13)17)14(19)18-12-9(15)5-3-6-10(12)16/h2-7H,17H2,1H3,(H,18,19). The van der Waals surface area contributed by atoms with Crippen molar-refractivity contribution >= 4 is 17.3 Å². The van der Waals surface area contributed by atoms with Crippen LogP contribution in [-0.4, -0.2) is 13.0 Å². The Labute approximate surface area is 114 Å². The number of nitrogens with two attached hydrogens (primary N) is 1. The highest BCUT2D eigenvalue weighted by molar-refractivity contribution is 6.07. The first kappa shape index (κ1) is 13.8. The topological polar surface area (TPSA) is 64.3 Å². The van der Waals surface area contributed by atoms with Crippen LogP contribution >= 0.6 is 0 Å². The summed E-state index contributed by atoms with van der Waals surface area (Å²) >= 11 is 0. The lowest BCUT2D eigenvalue weighted by Crippen LogP contribution is -2.16. The van der Waals surface area contributed by atoms with E-state index in [4.69, 9.17) is 10.5 Å². The molecule has 2 aromatic carbocycles. The predicted octanol–water partition coefficient (Wildman–Crippen LogP) is 2.81. The molecule has 0 saturated carbocycles. The van der Waals surface area contributed by atoms with E-state index in [9.17, 15) is 13.6 Å². The summed E-state index contributed by atoms with van der Waals surface area (Å²) in [5.41, 5.74) is 5.51. The van der Waals surface area contributed by atoms with Crippen molar-refractivity contribution < 1.29 is 18.3 Å². The fourth-order valence-electron chi connectivity index (χ4n) is 1.76. The van der Waals surface area contributed by atoms with Gasteiger partial charge in [0.25, 0.3) is 5.91 Å². The number of halogens is 2. The van der Waals surface area contributed by atoms with E-state index in [1.54, 1.807) is 12.1 Å². The van der Waals surface area contributed by atoms with Gasteiger partial charge in [0.2, 0.25) is 0 Å². The molecule has 1 amide bonds. The molecule has 0 unspecified atom stereocenters. The molecule has 20 heavy (non-hydrogen) atoms. The van der Waals surface area contributed by atoms with Crippen molar-refractivity contribution in [2.24, 2.45) is 0 Å². The second-order valence-electron chi connectivity index (χ2n) is 3.98. The smallest absolute Gasteiger partial charge is 0.259 e. The van der Waals surface area contributed by atoms with Gasteiger partial charge in [-0.25, -0.2) is 8.78 Å². The van der Waals surface area contributed by atoms with Gasteiger partial charge < -0.3 is 15.8 Å². The summed E-state index contributed by atoms with van der Waals surface area (Å²) in [5, 5.41) is 2.17. The van der Waals surface area contributed by atoms with E-state index in [0.717, 1.165) is 12.1 Å². The molecule has 0 aromatic heterocycles. The second kappa shape index (κ2) is 5.56. The van der Waals surface area contributed by atoms with Gasteiger partial charge in [-0.15, -0.1) is 0 Å². The fourth-order valence-corrected chi connectivity index (χ4v) is 1.76. The quantitative estimate of drug-likeness (QED) is 0.848. The van der Waals surface area contributed by atoms with Gasteiger partial charge in [-0.1, -0.05) is 12.1 Å². The second-order valence-corrected chi connectivity index (χ2v) is 3.98. The predicted molar refractivity (Wildman–Crippen MR) is 71.7 cm³/mol. The highest BCUT2D eigenvalue weighted by atomic mass is 19.1. The van der Waals surface area contributed by atoms with Gasteiger partial charge in [-0.2, -0.15) is 0 Å². The fraction of sp³-hybridized carbons (Fsp3) is 0.0714. The molecular formula is C14H12F2N2O2. The lowest BCUT2D eigenvalue weighted by atomic mass is 10.1. The van der Waals surface area contributed by atoms with Gasteiger partial charge in [0, 0.05) is 0 Å². The van der Waals surface area contributed by atoms with Gasteiger partial charge in [0.05, 0.1) is 18.4 Å². The van der Waals surface area contributed by atoms with Crippen LogP contribution in [0.4, 0.5) is 20.2 Å². The highest BCUT2D eigenvalue weighted by Gasteiger charge is 2.17. The number of nitrogen functional groups attached to an aromatic ring is 1. The molecule has 0 fully saturated rings. The van der Waals surface area contributed by atoms with E-state index >= 15 is 0 Å². The largest absolute Gasteiger partial charge is 0.494 e. The van der Waals surface area contributed by atoms with Crippen molar-refractivity contribution in [2.75, 3.05) is 18.2 Å². The van der Waals surface area contributed by atoms with Crippen LogP contribution in [0.1, 0.15) is 10.4 Å². The summed E-state index contributed by atoms with van der Waals surface area (Å²) in [4.78, 5) is 12.1. The van der Waals surface area contributed by atoms with Gasteiger partial charge in [0.15, 0.2) is 5.75 Å². The minimum atomic E-state index is -0.860. The molecule has 0 bridgehead atoms. The average Bonchev–Trinajstić information content (AvgIpc) is 2.42. The van der Waals surface area contributed by atoms with Crippen LogP contribution in [0.3, 0.4) is 0 Å². The van der Waals surface area contributed by atoms with Gasteiger partial charge in [0.1, 0.15) is 17.3 Å². The van der Waals surface area contributed by atoms with E-state index in [2.05, 4.69) is 5.32 Å². The minimum absolute atomic E-state index is 0.0927. The van der Waals surface area contributed by atoms with E-state index in [1.807, 2.05) is 0 Å². The van der Waals surface area contributed by atoms with E-state index in [-0.39, 0.29) is 17.0 Å². The summed E-state index contributed by atoms with van der Waals surface area (Å²) in [7, 11) is 1.35. The Morgan fingerprint density at radius 3 is 2.35 bits per heavy atom. The number of nitrogens with one attached hydrogen (secondary N) is 1. The molecule has 0 heterocycles. The molecule has 0 aliphatic carbocycles. The SMILES string of the molecule is COc1c(N)cccc1C(=O)Nc1c(F)cccc1F. The van der Waals surface area contributed by atoms with Crippen molar-refractivity contribution in [3.8, 4) is 5.75 Å². The van der Waals surface area contributed by atoms with Crippen LogP contribution in [0.15, 0.2) is 36.4 Å². The molecule has 104 valence electrons. The van der Waals surface area contributed by atoms with E-state index in [0.29, 0.717) is 0 Å². The molecule has 3 N–H and O–H groups in total. The number of para-hydroxylation sites is 2. The van der Waals surface area contributed by atoms with Gasteiger partial charge in [-0.05, 0) is 24.3 Å². The van der Waals surface area contributed by atoms with Crippen molar-refractivity contribution in [3.05, 3.63) is 53.6 Å². The molecule has 0 saturated heterocycles. The number of hydrogen-bond acceptors (Lipinski definition) is 3. The van der Waals surface area contributed by atoms with Crippen LogP contribution in [0.5, 0.6) is 5.75 Å². The minimum Gasteiger partial charge on any atom is -0.494 e. The number of rotatable bonds is 3. The van der Waals surface area contributed by atoms with Crippen molar-refractivity contribution in [1.82, 2.24) is 0 Å². The number of anilines is 2. The summed E-state index contributed by atoms with van der Waals surface area (Å²) in [6.45, 7) is 0. The molecule has 0 radical (unpaired) electrons. The van der Waals surface area contributed by atoms with Crippen LogP contribution in [0.2, 0.25) is 0 Å². The highest BCUT2D eigenvalue weighted by Crippen LogP contribution is 2.27. The lowest BCUT2D eigenvalue weighted by molar-refractivity contribution is 0.102. The van der Waals surface area contributed by atoms with Crippen LogP contribution in [0.25, 0.3) is 0 Å². The Balaban J connectivity index is 2.36. The maximum atomic E-state index is 13.5. The molecule has 0 atom stereocenters. The summed E-state index contributed by atoms with van der Waals surface area (Å²) < 4.78 is 32.0. The molecule has 0 spiro atoms. The lowest BCUT2D eigenvalue weighted by Gasteiger charge is -2.12. The van der Waals surface area contributed by atoms with E-state index < -0.39 is 23.2 Å². The van der Waals surface area contributed by atoms with Crippen molar-refractivity contribution in [1.29, 1.82) is 0 Å². The molecule has 0 aliphatic heterocycles. The molecular weight excluding hydrogens is 266 g/mol. The van der Waals surface area contributed by atoms with Gasteiger partial charge in [-0.3, -0.25) is 4.79 Å². The first-order valence-corrected chi connectivity index (χ1v) is 5.72. The Morgan fingerprint density at radius 1 is 1.15 bits per heavy atom. The number of hydrogen-bond donors (Lipinski definition) is 2. The number of carbonyl (C=O) groups excluding carboxylic acids is 1. The third kappa shape index (κ3) is 2.54. The zero-order chi connectivity index (χ0) is 14.7. The Hall–Kier alpha value is -2.63. The third-order valence-corrected chi connectivity index (χ3v) is 2.70. The summed E-state index contributed by atoms with van der Waals surface area (Å²) in [5.74, 6) is -2.28. The monoisotopic (exact) mass is 278 g/mol. The van der Waals surface area contributed by atoms with Crippen LogP contribution in [0, 0.1) is 11.6 Å². The molecule has 0 aliphatic rings. The Morgan fingerprint density at radius 2 is 1.75 bits per heavy atom. The number of methoxy groups -OCH3 is 1. The first-order valence-electron chi connectivity index (χ1n) is 5.72. The number of benzene rings is 2. The van der Waals surface area contributed by atoms with Gasteiger partial charge >= 0.3 is 0 Å². The Bertz CT molecular complexity index is 639. The number of carbonyl (C=O) groups is 1. The Kier molecular flexibility index (Phi) is 3.84. The molecule has 2 aromatic rings. The normalized spacial score (nSPS) is 10.2. The van der Waals surface area contributed by atoms with Crippen molar-refractivity contribution in [3.63, 3.8) is 0 Å². The summed E-state index contributed by atoms with van der Waals surface area (Å²) in [6, 6.07) is 7.86. The zero-order valence-corrected chi connectivity index (χ0v) is 10.6. The number of ether oxygens (including phenoxy) is 1. The van der Waals surface area contributed by atoms with Crippen LogP contribution < -0.4 is 15.8 Å². The molecule has 6 heteroatoms. The maximum Gasteiger partial charge on any atom is 0.259 e. The van der Waals surface area contributed by atoms with Crippen molar-refractivity contribution in [2.45, 2.75) is 0 Å². The van der Waals surface area contributed by atoms with Crippen LogP contribution in [-0.2, 0) is 0 Å². The third-order valence-electron chi connectivity index (χ3n) is 2.70. The molecule has 2 rings (SSSR count). The van der Waals surface area contributed by atoms with E-state index in [1.165, 1.54) is 19.2 Å². The summed E-state index contributed by atoms with van der Waals surface area (Å²) in [6.07, 6.45) is 0. The molecule has 4 nitrogen and oxygen atoms in total. The maximum absolute atomic E-state index is 13.5.